The van der Waals surface area contributed by atoms with Crippen molar-refractivity contribution in [3.05, 3.63) is 60.9 Å². The van der Waals surface area contributed by atoms with E-state index in [1.807, 2.05) is 59.3 Å². The number of hydrogen-bond donors (Lipinski definition) is 1. The molecular formula is C16H14NO2+. The molecule has 1 N–H and O–H groups in total. The molecule has 0 aliphatic heterocycles. The number of para-hydroxylation sites is 2. The highest BCUT2D eigenvalue weighted by molar-refractivity contribution is 5.86. The van der Waals surface area contributed by atoms with E-state index in [-0.39, 0.29) is 5.75 Å². The van der Waals surface area contributed by atoms with Crippen LogP contribution in [0.25, 0.3) is 16.5 Å². The first-order valence-electron chi connectivity index (χ1n) is 6.06. The minimum atomic E-state index is 0.254. The van der Waals surface area contributed by atoms with Crippen LogP contribution in [0.3, 0.4) is 0 Å². The lowest BCUT2D eigenvalue weighted by molar-refractivity contribution is -0.595. The zero-order chi connectivity index (χ0) is 13.2. The highest BCUT2D eigenvalue weighted by atomic mass is 16.5. The Bertz CT molecular complexity index is 738. The van der Waals surface area contributed by atoms with Crippen molar-refractivity contribution in [3.63, 3.8) is 0 Å². The molecular weight excluding hydrogens is 238 g/mol. The Morgan fingerprint density at radius 3 is 2.53 bits per heavy atom. The monoisotopic (exact) mass is 252 g/mol. The van der Waals surface area contributed by atoms with E-state index in [9.17, 15) is 5.11 Å². The minimum Gasteiger partial charge on any atom is -0.502 e. The van der Waals surface area contributed by atoms with Gasteiger partial charge < -0.3 is 9.84 Å². The molecule has 3 nitrogen and oxygen atoms in total. The van der Waals surface area contributed by atoms with E-state index in [4.69, 9.17) is 4.74 Å². The molecule has 3 rings (SSSR count). The van der Waals surface area contributed by atoms with Crippen molar-refractivity contribution in [1.29, 1.82) is 0 Å². The van der Waals surface area contributed by atoms with Crippen LogP contribution >= 0.6 is 0 Å². The Balaban J connectivity index is 2.26. The third-order valence-electron chi connectivity index (χ3n) is 3.14. The van der Waals surface area contributed by atoms with Crippen molar-refractivity contribution in [2.75, 3.05) is 7.11 Å². The van der Waals surface area contributed by atoms with Gasteiger partial charge in [-0.2, -0.15) is 4.57 Å². The molecule has 0 amide bonds. The fourth-order valence-electron chi connectivity index (χ4n) is 2.21. The molecule has 0 saturated carbocycles. The van der Waals surface area contributed by atoms with Crippen LogP contribution in [0.2, 0.25) is 0 Å². The maximum Gasteiger partial charge on any atom is 0.253 e. The summed E-state index contributed by atoms with van der Waals surface area (Å²) in [5.74, 6) is 1.02. The Morgan fingerprint density at radius 1 is 0.947 bits per heavy atom. The molecule has 1 heterocycles. The van der Waals surface area contributed by atoms with Crippen LogP contribution in [0.1, 0.15) is 0 Å². The summed E-state index contributed by atoms with van der Waals surface area (Å²) in [5, 5.41) is 11.9. The smallest absolute Gasteiger partial charge is 0.253 e. The predicted molar refractivity (Wildman–Crippen MR) is 73.7 cm³/mol. The van der Waals surface area contributed by atoms with Crippen LogP contribution in [0.4, 0.5) is 0 Å². The first-order valence-corrected chi connectivity index (χ1v) is 6.06. The number of methoxy groups -OCH3 is 1. The van der Waals surface area contributed by atoms with Gasteiger partial charge in [0.05, 0.1) is 7.11 Å². The molecule has 3 aromatic rings. The number of fused-ring (bicyclic) bond motifs is 1. The lowest BCUT2D eigenvalue weighted by Crippen LogP contribution is -2.30. The predicted octanol–water partition coefficient (Wildman–Crippen LogP) is 2.83. The quantitative estimate of drug-likeness (QED) is 0.711. The number of aromatic nitrogens is 1. The van der Waals surface area contributed by atoms with Crippen molar-refractivity contribution in [2.24, 2.45) is 0 Å². The average Bonchev–Trinajstić information content (AvgIpc) is 2.47. The van der Waals surface area contributed by atoms with Crippen LogP contribution in [-0.2, 0) is 0 Å². The van der Waals surface area contributed by atoms with Gasteiger partial charge in [0, 0.05) is 16.8 Å². The lowest BCUT2D eigenvalue weighted by Gasteiger charge is -2.04. The normalized spacial score (nSPS) is 10.6. The van der Waals surface area contributed by atoms with E-state index >= 15 is 0 Å². The molecule has 0 atom stereocenters. The molecule has 0 spiro atoms. The fourth-order valence-corrected chi connectivity index (χ4v) is 2.21. The molecule has 2 aromatic carbocycles. The molecule has 0 aliphatic rings. The molecule has 0 aliphatic carbocycles. The van der Waals surface area contributed by atoms with Crippen LogP contribution in [0.15, 0.2) is 60.9 Å². The number of nitrogens with zero attached hydrogens (tertiary/aromatic N) is 1. The molecule has 0 saturated heterocycles. The number of ether oxygens (including phenoxy) is 1. The zero-order valence-corrected chi connectivity index (χ0v) is 10.6. The molecule has 1 aromatic heterocycles. The second-order valence-electron chi connectivity index (χ2n) is 4.31. The summed E-state index contributed by atoms with van der Waals surface area (Å²) >= 11 is 0. The van der Waals surface area contributed by atoms with Gasteiger partial charge in [-0.25, -0.2) is 0 Å². The van der Waals surface area contributed by atoms with Gasteiger partial charge >= 0.3 is 0 Å². The molecule has 0 bridgehead atoms. The van der Waals surface area contributed by atoms with Gasteiger partial charge in [-0.3, -0.25) is 0 Å². The standard InChI is InChI=1S/C16H13NO2/c1-19-16-9-5-4-8-14(16)17-10-12-6-2-3-7-13(12)15(18)11-17/h2-11H,1H3/p+1. The van der Waals surface area contributed by atoms with Crippen LogP contribution < -0.4 is 9.30 Å². The molecule has 3 heteroatoms. The third kappa shape index (κ3) is 1.99. The van der Waals surface area contributed by atoms with Crippen LogP contribution in [-0.4, -0.2) is 12.2 Å². The number of benzene rings is 2. The second kappa shape index (κ2) is 4.61. The number of rotatable bonds is 2. The fraction of sp³-hybridized carbons (Fsp3) is 0.0625. The van der Waals surface area contributed by atoms with E-state index < -0.39 is 0 Å². The highest BCUT2D eigenvalue weighted by Gasteiger charge is 2.15. The lowest BCUT2D eigenvalue weighted by atomic mass is 10.1. The number of hydrogen-bond acceptors (Lipinski definition) is 2. The van der Waals surface area contributed by atoms with Gasteiger partial charge in [-0.1, -0.05) is 30.3 Å². The van der Waals surface area contributed by atoms with Gasteiger partial charge in [0.25, 0.3) is 5.69 Å². The first-order chi connectivity index (χ1) is 9.29. The Kier molecular flexibility index (Phi) is 2.80. The minimum absolute atomic E-state index is 0.254. The Hall–Kier alpha value is -2.55. The highest BCUT2D eigenvalue weighted by Crippen LogP contribution is 2.24. The molecule has 0 unspecified atom stereocenters. The van der Waals surface area contributed by atoms with Crippen molar-refractivity contribution in [3.8, 4) is 17.2 Å². The summed E-state index contributed by atoms with van der Waals surface area (Å²) in [5.41, 5.74) is 0.894. The van der Waals surface area contributed by atoms with E-state index in [2.05, 4.69) is 0 Å². The van der Waals surface area contributed by atoms with Gasteiger partial charge in [-0.15, -0.1) is 0 Å². The first kappa shape index (κ1) is 11.5. The largest absolute Gasteiger partial charge is 0.502 e. The maximum absolute atomic E-state index is 10.1. The second-order valence-corrected chi connectivity index (χ2v) is 4.31. The Labute approximate surface area is 111 Å². The third-order valence-corrected chi connectivity index (χ3v) is 3.14. The summed E-state index contributed by atoms with van der Waals surface area (Å²) < 4.78 is 7.22. The van der Waals surface area contributed by atoms with E-state index in [1.165, 1.54) is 0 Å². The van der Waals surface area contributed by atoms with Gasteiger partial charge in [0.2, 0.25) is 6.20 Å². The summed E-state index contributed by atoms with van der Waals surface area (Å²) in [4.78, 5) is 0. The van der Waals surface area contributed by atoms with Gasteiger partial charge in [-0.05, 0) is 12.1 Å². The van der Waals surface area contributed by atoms with E-state index in [0.717, 1.165) is 22.2 Å². The van der Waals surface area contributed by atoms with Crippen molar-refractivity contribution in [1.82, 2.24) is 0 Å². The summed E-state index contributed by atoms with van der Waals surface area (Å²) in [6.07, 6.45) is 3.67. The van der Waals surface area contributed by atoms with Crippen LogP contribution in [0, 0.1) is 0 Å². The van der Waals surface area contributed by atoms with E-state index in [1.54, 1.807) is 13.3 Å². The van der Waals surface area contributed by atoms with Crippen molar-refractivity contribution in [2.45, 2.75) is 0 Å². The summed E-state index contributed by atoms with van der Waals surface area (Å²) in [7, 11) is 1.64. The van der Waals surface area contributed by atoms with E-state index in [0.29, 0.717) is 0 Å². The molecule has 0 fully saturated rings. The number of aromatic hydroxyl groups is 1. The molecule has 19 heavy (non-hydrogen) atoms. The SMILES string of the molecule is COc1ccccc1-[n+]1cc(O)c2ccccc2c1. The molecule has 0 radical (unpaired) electrons. The average molecular weight is 252 g/mol. The zero-order valence-electron chi connectivity index (χ0n) is 10.6. The van der Waals surface area contributed by atoms with Crippen molar-refractivity contribution >= 4 is 10.8 Å². The van der Waals surface area contributed by atoms with Gasteiger partial charge in [0.1, 0.15) is 0 Å². The summed E-state index contributed by atoms with van der Waals surface area (Å²) in [6.45, 7) is 0. The Morgan fingerprint density at radius 2 is 1.68 bits per heavy atom. The van der Waals surface area contributed by atoms with Crippen molar-refractivity contribution < 1.29 is 14.4 Å². The number of pyridine rings is 1. The van der Waals surface area contributed by atoms with Crippen LogP contribution in [0.5, 0.6) is 11.5 Å². The summed E-state index contributed by atoms with van der Waals surface area (Å²) in [6, 6.07) is 15.4. The topological polar surface area (TPSA) is 33.3 Å². The van der Waals surface area contributed by atoms with Gasteiger partial charge in [0.15, 0.2) is 17.7 Å². The molecule has 94 valence electrons. The maximum atomic E-state index is 10.1.